The fourth-order valence-corrected chi connectivity index (χ4v) is 3.33. The summed E-state index contributed by atoms with van der Waals surface area (Å²) in [7, 11) is 0. The van der Waals surface area contributed by atoms with Crippen LogP contribution in [-0.2, 0) is 16.1 Å². The van der Waals surface area contributed by atoms with Gasteiger partial charge in [0.25, 0.3) is 0 Å². The van der Waals surface area contributed by atoms with Gasteiger partial charge in [-0.15, -0.1) is 24.8 Å². The van der Waals surface area contributed by atoms with Crippen molar-refractivity contribution in [1.82, 2.24) is 4.98 Å². The highest BCUT2D eigenvalue weighted by molar-refractivity contribution is 5.98. The van der Waals surface area contributed by atoms with Crippen LogP contribution >= 0.6 is 24.8 Å². The number of benzene rings is 3. The Hall–Kier alpha value is -3.45. The standard InChI is InChI=1S/C28H27N3O3.2ClH/c1-18-3-10-25(19(2)13-18)28(33)34-17-20-4-6-21(7-5-20)26(15-29)27(32)31-24-9-8-23-16-30-12-11-22(23)14-24;;/h3-14,16,26H,15,17,29H2,1-2H3,(H,31,32);2*1H/t26-;;/m1../s1/i1D3,2D3,17D2,26D;;. The molecule has 1 atom stereocenters. The molecule has 0 radical (unpaired) electrons. The largest absolute Gasteiger partial charge is 0.457 e. The summed E-state index contributed by atoms with van der Waals surface area (Å²) in [5.41, 5.74) is 4.87. The van der Waals surface area contributed by atoms with Crippen molar-refractivity contribution < 1.29 is 26.7 Å². The van der Waals surface area contributed by atoms with E-state index in [4.69, 9.17) is 22.8 Å². The highest BCUT2D eigenvalue weighted by Crippen LogP contribution is 2.22. The molecule has 0 bridgehead atoms. The first-order valence-electron chi connectivity index (χ1n) is 14.8. The monoisotopic (exact) mass is 534 g/mol. The number of esters is 1. The van der Waals surface area contributed by atoms with Crippen LogP contribution in [-0.4, -0.2) is 23.4 Å². The van der Waals surface area contributed by atoms with Gasteiger partial charge >= 0.3 is 5.97 Å². The van der Waals surface area contributed by atoms with Crippen LogP contribution in [0.4, 0.5) is 5.69 Å². The first-order chi connectivity index (χ1) is 20.0. The zero-order valence-corrected chi connectivity index (χ0v) is 20.4. The summed E-state index contributed by atoms with van der Waals surface area (Å²) in [6, 6.07) is 14.9. The molecule has 188 valence electrons. The summed E-state index contributed by atoms with van der Waals surface area (Å²) < 4.78 is 76.2. The number of nitrogens with one attached hydrogen (secondary N) is 1. The van der Waals surface area contributed by atoms with Crippen molar-refractivity contribution in [1.29, 1.82) is 0 Å². The van der Waals surface area contributed by atoms with Gasteiger partial charge in [-0.3, -0.25) is 9.78 Å². The predicted molar refractivity (Wildman–Crippen MR) is 148 cm³/mol. The molecule has 0 spiro atoms. The molecule has 8 heteroatoms. The molecule has 3 aromatic carbocycles. The van der Waals surface area contributed by atoms with Gasteiger partial charge in [-0.25, -0.2) is 4.79 Å². The van der Waals surface area contributed by atoms with Crippen molar-refractivity contribution in [3.8, 4) is 0 Å². The lowest BCUT2D eigenvalue weighted by Gasteiger charge is -2.16. The van der Waals surface area contributed by atoms with E-state index >= 15 is 0 Å². The van der Waals surface area contributed by atoms with Gasteiger partial charge in [0.05, 0.1) is 14.2 Å². The van der Waals surface area contributed by atoms with Crippen molar-refractivity contribution in [2.75, 3.05) is 11.9 Å². The fraction of sp³-hybridized carbons (Fsp3) is 0.179. The minimum Gasteiger partial charge on any atom is -0.457 e. The van der Waals surface area contributed by atoms with Crippen molar-refractivity contribution in [2.45, 2.75) is 26.2 Å². The van der Waals surface area contributed by atoms with E-state index in [1.54, 1.807) is 36.7 Å². The number of rotatable bonds is 7. The van der Waals surface area contributed by atoms with Crippen molar-refractivity contribution >= 4 is 53.2 Å². The van der Waals surface area contributed by atoms with E-state index in [2.05, 4.69) is 10.3 Å². The lowest BCUT2D eigenvalue weighted by molar-refractivity contribution is -0.117. The number of nitrogens with two attached hydrogens (primary N) is 1. The number of aromatic nitrogens is 1. The maximum absolute atomic E-state index is 13.2. The zero-order valence-electron chi connectivity index (χ0n) is 27.8. The highest BCUT2D eigenvalue weighted by Gasteiger charge is 2.19. The number of halogens is 2. The SMILES string of the molecule is Cl.Cl.[2H]C([2H])([2H])c1ccc(C(=O)OC([2H])([2H])c2ccc([C@@]([2H])(CN)C(=O)Nc3ccc4cnccc4c3)cc2)c(C([2H])([2H])[2H])c1. The van der Waals surface area contributed by atoms with Gasteiger partial charge in [0.2, 0.25) is 5.91 Å². The van der Waals surface area contributed by atoms with Crippen LogP contribution in [0.2, 0.25) is 0 Å². The van der Waals surface area contributed by atoms with Crippen LogP contribution in [0.5, 0.6) is 0 Å². The van der Waals surface area contributed by atoms with Gasteiger partial charge in [-0.2, -0.15) is 0 Å². The van der Waals surface area contributed by atoms with Crippen LogP contribution in [0.3, 0.4) is 0 Å². The third kappa shape index (κ3) is 6.82. The molecule has 1 aromatic heterocycles. The zero-order chi connectivity index (χ0) is 31.8. The van der Waals surface area contributed by atoms with Gasteiger partial charge in [-0.05, 0) is 60.0 Å². The van der Waals surface area contributed by atoms with Gasteiger partial charge in [0, 0.05) is 39.6 Å². The molecule has 0 aliphatic carbocycles. The molecule has 4 rings (SSSR count). The van der Waals surface area contributed by atoms with E-state index in [0.717, 1.165) is 29.0 Å². The van der Waals surface area contributed by atoms with Crippen molar-refractivity contribution in [2.24, 2.45) is 5.73 Å². The Morgan fingerprint density at radius 3 is 2.58 bits per heavy atom. The average molecular weight is 536 g/mol. The molecular formula is C28H29Cl2N3O3. The van der Waals surface area contributed by atoms with E-state index in [9.17, 15) is 9.59 Å². The molecule has 0 saturated heterocycles. The smallest absolute Gasteiger partial charge is 0.338 e. The molecule has 36 heavy (non-hydrogen) atoms. The number of carbonyl (C=O) groups excluding carboxylic acids is 2. The molecule has 6 nitrogen and oxygen atoms in total. The van der Waals surface area contributed by atoms with E-state index in [1.807, 2.05) is 0 Å². The number of fused-ring (bicyclic) bond motifs is 1. The lowest BCUT2D eigenvalue weighted by Crippen LogP contribution is -2.27. The predicted octanol–water partition coefficient (Wildman–Crippen LogP) is 5.73. The van der Waals surface area contributed by atoms with Gasteiger partial charge in [0.15, 0.2) is 0 Å². The minimum atomic E-state index is -2.88. The lowest BCUT2D eigenvalue weighted by atomic mass is 9.97. The van der Waals surface area contributed by atoms with Crippen LogP contribution in [0, 0.1) is 13.7 Å². The Labute approximate surface area is 235 Å². The average Bonchev–Trinajstić information content (AvgIpc) is 2.95. The Morgan fingerprint density at radius 2 is 1.86 bits per heavy atom. The fourth-order valence-electron chi connectivity index (χ4n) is 3.33. The summed E-state index contributed by atoms with van der Waals surface area (Å²) in [4.78, 5) is 30.1. The normalized spacial score (nSPS) is 16.8. The highest BCUT2D eigenvalue weighted by atomic mass is 35.5. The number of anilines is 1. The molecule has 1 amide bonds. The topological polar surface area (TPSA) is 94.3 Å². The van der Waals surface area contributed by atoms with E-state index in [1.165, 1.54) is 24.3 Å². The molecule has 1 heterocycles. The molecule has 0 saturated carbocycles. The molecule has 0 fully saturated rings. The van der Waals surface area contributed by atoms with E-state index in [0.29, 0.717) is 5.69 Å². The molecular weight excluding hydrogens is 497 g/mol. The number of nitrogens with zero attached hydrogens (tertiary/aromatic N) is 1. The van der Waals surface area contributed by atoms with Gasteiger partial charge in [-0.1, -0.05) is 48.0 Å². The summed E-state index contributed by atoms with van der Waals surface area (Å²) in [6.07, 6.45) is 3.29. The molecule has 4 aromatic rings. The summed E-state index contributed by atoms with van der Waals surface area (Å²) in [5.74, 6) is -3.99. The third-order valence-electron chi connectivity index (χ3n) is 5.11. The third-order valence-corrected chi connectivity index (χ3v) is 5.11. The molecule has 3 N–H and O–H groups in total. The summed E-state index contributed by atoms with van der Waals surface area (Å²) in [5, 5.41) is 4.39. The van der Waals surface area contributed by atoms with Crippen LogP contribution < -0.4 is 11.1 Å². The van der Waals surface area contributed by atoms with E-state index in [-0.39, 0.29) is 41.5 Å². The van der Waals surface area contributed by atoms with E-state index < -0.39 is 55.7 Å². The number of aryl methyl sites for hydroxylation is 2. The Bertz CT molecular complexity index is 1680. The van der Waals surface area contributed by atoms with Crippen molar-refractivity contribution in [3.63, 3.8) is 0 Å². The summed E-state index contributed by atoms with van der Waals surface area (Å²) in [6.45, 7) is -8.67. The molecule has 0 unspecified atom stereocenters. The Balaban J connectivity index is 0.00000353. The first kappa shape index (κ1) is 17.9. The Morgan fingerprint density at radius 1 is 1.06 bits per heavy atom. The second-order valence-electron chi connectivity index (χ2n) is 7.40. The molecule has 0 aliphatic heterocycles. The van der Waals surface area contributed by atoms with Crippen LogP contribution in [0.15, 0.2) is 79.1 Å². The number of carbonyl (C=O) groups is 2. The minimum absolute atomic E-state index is 0. The van der Waals surface area contributed by atoms with Gasteiger partial charge < -0.3 is 15.8 Å². The first-order valence-corrected chi connectivity index (χ1v) is 10.3. The Kier molecular flexibility index (Phi) is 6.47. The number of ether oxygens (including phenoxy) is 1. The number of pyridine rings is 1. The second kappa shape index (κ2) is 13.0. The second-order valence-corrected chi connectivity index (χ2v) is 7.40. The van der Waals surface area contributed by atoms with Crippen LogP contribution in [0.1, 0.15) is 50.8 Å². The quantitative estimate of drug-likeness (QED) is 0.295. The summed E-state index contributed by atoms with van der Waals surface area (Å²) >= 11 is 0. The van der Waals surface area contributed by atoms with Crippen LogP contribution in [0.25, 0.3) is 10.8 Å². The number of amides is 1. The van der Waals surface area contributed by atoms with Crippen molar-refractivity contribution in [3.05, 3.63) is 107 Å². The number of hydrogen-bond acceptors (Lipinski definition) is 5. The maximum atomic E-state index is 13.2. The van der Waals surface area contributed by atoms with Gasteiger partial charge in [0.1, 0.15) is 6.56 Å². The maximum Gasteiger partial charge on any atom is 0.338 e. The number of hydrogen-bond donors (Lipinski definition) is 2. The molecule has 0 aliphatic rings.